The Morgan fingerprint density at radius 3 is 1.95 bits per heavy atom. The van der Waals surface area contributed by atoms with E-state index in [0.29, 0.717) is 12.5 Å². The summed E-state index contributed by atoms with van der Waals surface area (Å²) < 4.78 is 0. The molecule has 1 amide bonds. The van der Waals surface area contributed by atoms with Crippen LogP contribution in [0.4, 0.5) is 0 Å². The molecule has 0 aromatic heterocycles. The summed E-state index contributed by atoms with van der Waals surface area (Å²) >= 11 is 0. The van der Waals surface area contributed by atoms with Crippen LogP contribution in [0, 0.1) is 5.92 Å². The van der Waals surface area contributed by atoms with Gasteiger partial charge >= 0.3 is 0 Å². The summed E-state index contributed by atoms with van der Waals surface area (Å²) in [4.78, 5) is 19.1. The van der Waals surface area contributed by atoms with Gasteiger partial charge in [-0.3, -0.25) is 9.69 Å². The van der Waals surface area contributed by atoms with E-state index in [1.807, 2.05) is 13.8 Å². The van der Waals surface area contributed by atoms with Crippen LogP contribution in [-0.4, -0.2) is 73.0 Å². The third-order valence-electron chi connectivity index (χ3n) is 4.82. The number of carbonyl (C=O) groups excluding carboxylic acids is 1. The number of likely N-dealkylation sites (tertiary alicyclic amines) is 1. The van der Waals surface area contributed by atoms with E-state index in [1.54, 1.807) is 0 Å². The average molecular weight is 297 g/mol. The number of rotatable bonds is 4. The number of hydrogen-bond donors (Lipinski definition) is 0. The SMILES string of the molecule is CC.CCC1CCN(CC(=O)N2CCN(CC)CC2)CC1. The molecule has 4 nitrogen and oxygen atoms in total. The molecule has 0 spiro atoms. The van der Waals surface area contributed by atoms with E-state index >= 15 is 0 Å². The molecule has 0 aromatic carbocycles. The fourth-order valence-electron chi connectivity index (χ4n) is 3.16. The Labute approximate surface area is 131 Å². The second-order valence-corrected chi connectivity index (χ2v) is 5.94. The van der Waals surface area contributed by atoms with Gasteiger partial charge in [-0.2, -0.15) is 0 Å². The summed E-state index contributed by atoms with van der Waals surface area (Å²) in [6, 6.07) is 0. The summed E-state index contributed by atoms with van der Waals surface area (Å²) in [6.07, 6.45) is 3.83. The van der Waals surface area contributed by atoms with Crippen LogP contribution in [-0.2, 0) is 4.79 Å². The second-order valence-electron chi connectivity index (χ2n) is 5.94. The lowest BCUT2D eigenvalue weighted by Crippen LogP contribution is -2.51. The monoisotopic (exact) mass is 297 g/mol. The first kappa shape index (κ1) is 18.4. The van der Waals surface area contributed by atoms with Crippen molar-refractivity contribution >= 4 is 5.91 Å². The summed E-state index contributed by atoms with van der Waals surface area (Å²) in [7, 11) is 0. The van der Waals surface area contributed by atoms with Crippen LogP contribution in [0.3, 0.4) is 0 Å². The van der Waals surface area contributed by atoms with E-state index in [1.165, 1.54) is 19.3 Å². The molecule has 4 heteroatoms. The first-order chi connectivity index (χ1) is 10.2. The highest BCUT2D eigenvalue weighted by atomic mass is 16.2. The fourth-order valence-corrected chi connectivity index (χ4v) is 3.16. The molecule has 124 valence electrons. The Hall–Kier alpha value is -0.610. The minimum atomic E-state index is 0.339. The van der Waals surface area contributed by atoms with Crippen molar-refractivity contribution in [2.24, 2.45) is 5.92 Å². The van der Waals surface area contributed by atoms with Crippen LogP contribution in [0.5, 0.6) is 0 Å². The Balaban J connectivity index is 0.00000106. The molecule has 0 aromatic rings. The zero-order chi connectivity index (χ0) is 15.7. The third kappa shape index (κ3) is 5.95. The minimum Gasteiger partial charge on any atom is -0.339 e. The van der Waals surface area contributed by atoms with E-state index in [2.05, 4.69) is 28.5 Å². The van der Waals surface area contributed by atoms with E-state index in [-0.39, 0.29) is 0 Å². The maximum Gasteiger partial charge on any atom is 0.236 e. The molecule has 0 atom stereocenters. The Morgan fingerprint density at radius 2 is 1.48 bits per heavy atom. The van der Waals surface area contributed by atoms with Crippen molar-refractivity contribution in [1.82, 2.24) is 14.7 Å². The highest BCUT2D eigenvalue weighted by molar-refractivity contribution is 5.78. The van der Waals surface area contributed by atoms with Gasteiger partial charge in [0.05, 0.1) is 6.54 Å². The van der Waals surface area contributed by atoms with Crippen molar-refractivity contribution in [2.45, 2.75) is 47.0 Å². The van der Waals surface area contributed by atoms with Gasteiger partial charge in [-0.15, -0.1) is 0 Å². The van der Waals surface area contributed by atoms with Crippen molar-refractivity contribution in [3.05, 3.63) is 0 Å². The van der Waals surface area contributed by atoms with Gasteiger partial charge in [0.25, 0.3) is 0 Å². The molecule has 2 aliphatic heterocycles. The van der Waals surface area contributed by atoms with Gasteiger partial charge in [0, 0.05) is 26.2 Å². The van der Waals surface area contributed by atoms with Gasteiger partial charge < -0.3 is 9.80 Å². The largest absolute Gasteiger partial charge is 0.339 e. The molecule has 2 fully saturated rings. The van der Waals surface area contributed by atoms with Gasteiger partial charge in [0.15, 0.2) is 0 Å². The lowest BCUT2D eigenvalue weighted by molar-refractivity contribution is -0.134. The zero-order valence-corrected chi connectivity index (χ0v) is 14.6. The van der Waals surface area contributed by atoms with Crippen LogP contribution in [0.15, 0.2) is 0 Å². The molecular formula is C17H35N3O. The molecular weight excluding hydrogens is 262 g/mol. The van der Waals surface area contributed by atoms with E-state index in [0.717, 1.165) is 51.7 Å². The van der Waals surface area contributed by atoms with E-state index in [9.17, 15) is 4.79 Å². The summed E-state index contributed by atoms with van der Waals surface area (Å²) in [5.41, 5.74) is 0. The third-order valence-corrected chi connectivity index (χ3v) is 4.82. The number of amides is 1. The molecule has 2 heterocycles. The molecule has 0 aliphatic carbocycles. The summed E-state index contributed by atoms with van der Waals surface area (Å²) in [5.74, 6) is 1.23. The first-order valence-electron chi connectivity index (χ1n) is 8.95. The van der Waals surface area contributed by atoms with Gasteiger partial charge in [-0.25, -0.2) is 0 Å². The van der Waals surface area contributed by atoms with Crippen LogP contribution < -0.4 is 0 Å². The Bertz CT molecular complexity index is 280. The fraction of sp³-hybridized carbons (Fsp3) is 0.941. The number of likely N-dealkylation sites (N-methyl/N-ethyl adjacent to an activating group) is 1. The lowest BCUT2D eigenvalue weighted by Gasteiger charge is -2.36. The van der Waals surface area contributed by atoms with Crippen molar-refractivity contribution in [1.29, 1.82) is 0 Å². The van der Waals surface area contributed by atoms with Crippen LogP contribution in [0.25, 0.3) is 0 Å². The molecule has 2 saturated heterocycles. The maximum atomic E-state index is 12.3. The number of piperazine rings is 1. The number of piperidine rings is 1. The normalized spacial score (nSPS) is 21.8. The average Bonchev–Trinajstić information content (AvgIpc) is 2.57. The maximum absolute atomic E-state index is 12.3. The highest BCUT2D eigenvalue weighted by Crippen LogP contribution is 2.19. The van der Waals surface area contributed by atoms with Crippen molar-refractivity contribution in [3.63, 3.8) is 0 Å². The van der Waals surface area contributed by atoms with Crippen LogP contribution >= 0.6 is 0 Å². The van der Waals surface area contributed by atoms with Gasteiger partial charge in [0.2, 0.25) is 5.91 Å². The molecule has 0 bridgehead atoms. The molecule has 2 aliphatic rings. The zero-order valence-electron chi connectivity index (χ0n) is 14.6. The second kappa shape index (κ2) is 10.2. The van der Waals surface area contributed by atoms with Crippen LogP contribution in [0.1, 0.15) is 47.0 Å². The van der Waals surface area contributed by atoms with E-state index in [4.69, 9.17) is 0 Å². The van der Waals surface area contributed by atoms with Gasteiger partial charge in [-0.1, -0.05) is 34.1 Å². The quantitative estimate of drug-likeness (QED) is 0.796. The number of nitrogens with zero attached hydrogens (tertiary/aromatic N) is 3. The standard InChI is InChI=1S/C15H29N3O.C2H6/c1-3-14-5-7-17(8-6-14)13-15(19)18-11-9-16(4-2)10-12-18;1-2/h14H,3-13H2,1-2H3;1-2H3. The topological polar surface area (TPSA) is 26.8 Å². The van der Waals surface area contributed by atoms with Gasteiger partial charge in [-0.05, 0) is 38.4 Å². The molecule has 2 rings (SSSR count). The lowest BCUT2D eigenvalue weighted by atomic mass is 9.94. The van der Waals surface area contributed by atoms with Crippen LogP contribution in [0.2, 0.25) is 0 Å². The van der Waals surface area contributed by atoms with Crippen molar-refractivity contribution in [3.8, 4) is 0 Å². The predicted octanol–water partition coefficient (Wildman–Crippen LogP) is 2.30. The smallest absolute Gasteiger partial charge is 0.236 e. The number of hydrogen-bond acceptors (Lipinski definition) is 3. The molecule has 0 unspecified atom stereocenters. The van der Waals surface area contributed by atoms with Crippen molar-refractivity contribution in [2.75, 3.05) is 52.4 Å². The molecule has 0 saturated carbocycles. The Kier molecular flexibility index (Phi) is 8.93. The molecule has 21 heavy (non-hydrogen) atoms. The number of carbonyl (C=O) groups is 1. The highest BCUT2D eigenvalue weighted by Gasteiger charge is 2.24. The Morgan fingerprint density at radius 1 is 0.905 bits per heavy atom. The first-order valence-corrected chi connectivity index (χ1v) is 8.95. The van der Waals surface area contributed by atoms with Crippen molar-refractivity contribution < 1.29 is 4.79 Å². The molecule has 0 radical (unpaired) electrons. The predicted molar refractivity (Wildman–Crippen MR) is 89.5 cm³/mol. The minimum absolute atomic E-state index is 0.339. The summed E-state index contributed by atoms with van der Waals surface area (Å²) in [6.45, 7) is 16.3. The van der Waals surface area contributed by atoms with Gasteiger partial charge in [0.1, 0.15) is 0 Å². The van der Waals surface area contributed by atoms with E-state index < -0.39 is 0 Å². The molecule has 0 N–H and O–H groups in total. The summed E-state index contributed by atoms with van der Waals surface area (Å²) in [5, 5.41) is 0.